The lowest BCUT2D eigenvalue weighted by molar-refractivity contribution is 0.247. The third-order valence-electron chi connectivity index (χ3n) is 3.14. The number of anilines is 1. The molecule has 2 aromatic rings. The van der Waals surface area contributed by atoms with Crippen molar-refractivity contribution in [1.29, 1.82) is 0 Å². The molecule has 4 heteroatoms. The highest BCUT2D eigenvalue weighted by atomic mass is 16.5. The molecule has 2 rings (SSSR count). The van der Waals surface area contributed by atoms with Gasteiger partial charge in [-0.2, -0.15) is 0 Å². The van der Waals surface area contributed by atoms with E-state index in [9.17, 15) is 4.79 Å². The van der Waals surface area contributed by atoms with E-state index in [1.807, 2.05) is 54.6 Å². The van der Waals surface area contributed by atoms with Gasteiger partial charge < -0.3 is 15.4 Å². The van der Waals surface area contributed by atoms with Crippen LogP contribution in [-0.2, 0) is 6.61 Å². The van der Waals surface area contributed by atoms with Gasteiger partial charge in [0.15, 0.2) is 0 Å². The fourth-order valence-corrected chi connectivity index (χ4v) is 1.90. The molecule has 0 radical (unpaired) electrons. The van der Waals surface area contributed by atoms with Gasteiger partial charge in [0.05, 0.1) is 0 Å². The molecule has 4 nitrogen and oxygen atoms in total. The first-order valence-corrected chi connectivity index (χ1v) is 7.74. The SMILES string of the molecule is CC(C)(C)CNC(=O)Nc1ccc(OCc2ccccc2)cc1. The van der Waals surface area contributed by atoms with Crippen LogP contribution in [0.3, 0.4) is 0 Å². The Hall–Kier alpha value is -2.49. The predicted molar refractivity (Wildman–Crippen MR) is 93.7 cm³/mol. The standard InChI is InChI=1S/C19H24N2O2/c1-19(2,3)14-20-18(22)21-16-9-11-17(12-10-16)23-13-15-7-5-4-6-8-15/h4-12H,13-14H2,1-3H3,(H2,20,21,22). The molecule has 0 aliphatic heterocycles. The molecule has 0 saturated carbocycles. The number of urea groups is 1. The summed E-state index contributed by atoms with van der Waals surface area (Å²) in [6.07, 6.45) is 0. The molecule has 2 N–H and O–H groups in total. The summed E-state index contributed by atoms with van der Waals surface area (Å²) in [4.78, 5) is 11.8. The van der Waals surface area contributed by atoms with E-state index in [1.165, 1.54) is 0 Å². The summed E-state index contributed by atoms with van der Waals surface area (Å²) >= 11 is 0. The number of ether oxygens (including phenoxy) is 1. The number of hydrogen-bond acceptors (Lipinski definition) is 2. The Kier molecular flexibility index (Phi) is 5.63. The second-order valence-corrected chi connectivity index (χ2v) is 6.67. The lowest BCUT2D eigenvalue weighted by atomic mass is 9.97. The minimum atomic E-state index is -0.196. The Balaban J connectivity index is 1.81. The van der Waals surface area contributed by atoms with Crippen LogP contribution in [0.1, 0.15) is 26.3 Å². The molecule has 0 heterocycles. The van der Waals surface area contributed by atoms with Gasteiger partial charge in [-0.25, -0.2) is 4.79 Å². The quantitative estimate of drug-likeness (QED) is 0.858. The zero-order chi connectivity index (χ0) is 16.7. The van der Waals surface area contributed by atoms with Crippen LogP contribution in [0.25, 0.3) is 0 Å². The molecule has 0 spiro atoms. The van der Waals surface area contributed by atoms with Gasteiger partial charge in [-0.3, -0.25) is 0 Å². The van der Waals surface area contributed by atoms with E-state index in [4.69, 9.17) is 4.74 Å². The summed E-state index contributed by atoms with van der Waals surface area (Å²) in [7, 11) is 0. The molecule has 0 atom stereocenters. The van der Waals surface area contributed by atoms with Crippen LogP contribution in [0.15, 0.2) is 54.6 Å². The van der Waals surface area contributed by atoms with Crippen LogP contribution in [-0.4, -0.2) is 12.6 Å². The number of carbonyl (C=O) groups is 1. The minimum absolute atomic E-state index is 0.0620. The van der Waals surface area contributed by atoms with Gasteiger partial charge in [0, 0.05) is 12.2 Å². The van der Waals surface area contributed by atoms with Crippen molar-refractivity contribution in [3.05, 3.63) is 60.2 Å². The van der Waals surface area contributed by atoms with Crippen LogP contribution in [0.4, 0.5) is 10.5 Å². The highest BCUT2D eigenvalue weighted by Gasteiger charge is 2.11. The summed E-state index contributed by atoms with van der Waals surface area (Å²) in [5.41, 5.74) is 1.92. The molecule has 2 amide bonds. The van der Waals surface area contributed by atoms with E-state index in [2.05, 4.69) is 31.4 Å². The Labute approximate surface area is 137 Å². The van der Waals surface area contributed by atoms with Crippen molar-refractivity contribution in [2.75, 3.05) is 11.9 Å². The van der Waals surface area contributed by atoms with Gasteiger partial charge in [0.25, 0.3) is 0 Å². The number of benzene rings is 2. The Bertz CT molecular complexity index is 616. The second-order valence-electron chi connectivity index (χ2n) is 6.67. The maximum atomic E-state index is 11.8. The van der Waals surface area contributed by atoms with Crippen molar-refractivity contribution in [3.63, 3.8) is 0 Å². The predicted octanol–water partition coefficient (Wildman–Crippen LogP) is 4.43. The number of rotatable bonds is 5. The van der Waals surface area contributed by atoms with Crippen LogP contribution < -0.4 is 15.4 Å². The topological polar surface area (TPSA) is 50.4 Å². The smallest absolute Gasteiger partial charge is 0.319 e. The van der Waals surface area contributed by atoms with E-state index < -0.39 is 0 Å². The molecule has 23 heavy (non-hydrogen) atoms. The average Bonchev–Trinajstić information content (AvgIpc) is 2.53. The maximum Gasteiger partial charge on any atom is 0.319 e. The zero-order valence-corrected chi connectivity index (χ0v) is 13.9. The Morgan fingerprint density at radius 1 is 1.00 bits per heavy atom. The van der Waals surface area contributed by atoms with E-state index in [-0.39, 0.29) is 11.4 Å². The van der Waals surface area contributed by atoms with Crippen molar-refractivity contribution in [2.45, 2.75) is 27.4 Å². The lowest BCUT2D eigenvalue weighted by Gasteiger charge is -2.19. The van der Waals surface area contributed by atoms with E-state index >= 15 is 0 Å². The van der Waals surface area contributed by atoms with Gasteiger partial charge in [-0.1, -0.05) is 51.1 Å². The largest absolute Gasteiger partial charge is 0.489 e. The average molecular weight is 312 g/mol. The molecule has 0 aliphatic rings. The normalized spacial score (nSPS) is 10.9. The third kappa shape index (κ3) is 6.43. The Morgan fingerprint density at radius 2 is 1.65 bits per heavy atom. The third-order valence-corrected chi connectivity index (χ3v) is 3.14. The van der Waals surface area contributed by atoms with Crippen LogP contribution in [0.5, 0.6) is 5.75 Å². The van der Waals surface area contributed by atoms with Gasteiger partial charge >= 0.3 is 6.03 Å². The number of nitrogens with one attached hydrogen (secondary N) is 2. The van der Waals surface area contributed by atoms with E-state index in [0.29, 0.717) is 13.2 Å². The zero-order valence-electron chi connectivity index (χ0n) is 13.9. The molecule has 0 fully saturated rings. The summed E-state index contributed by atoms with van der Waals surface area (Å²) < 4.78 is 5.72. The number of amides is 2. The maximum absolute atomic E-state index is 11.8. The fraction of sp³-hybridized carbons (Fsp3) is 0.316. The van der Waals surface area contributed by atoms with Crippen molar-refractivity contribution >= 4 is 11.7 Å². The van der Waals surface area contributed by atoms with Crippen LogP contribution in [0, 0.1) is 5.41 Å². The highest BCUT2D eigenvalue weighted by Crippen LogP contribution is 2.17. The van der Waals surface area contributed by atoms with Gasteiger partial charge in [0.1, 0.15) is 12.4 Å². The molecule has 0 aliphatic carbocycles. The Morgan fingerprint density at radius 3 is 2.26 bits per heavy atom. The minimum Gasteiger partial charge on any atom is -0.489 e. The molecule has 0 saturated heterocycles. The molecule has 0 bridgehead atoms. The molecular weight excluding hydrogens is 288 g/mol. The molecule has 0 unspecified atom stereocenters. The number of hydrogen-bond donors (Lipinski definition) is 2. The van der Waals surface area contributed by atoms with Gasteiger partial charge in [0.2, 0.25) is 0 Å². The van der Waals surface area contributed by atoms with Crippen molar-refractivity contribution in [1.82, 2.24) is 5.32 Å². The molecule has 0 aromatic heterocycles. The summed E-state index contributed by atoms with van der Waals surface area (Å²) in [5.74, 6) is 0.773. The first-order valence-electron chi connectivity index (χ1n) is 7.74. The van der Waals surface area contributed by atoms with E-state index in [1.54, 1.807) is 0 Å². The monoisotopic (exact) mass is 312 g/mol. The second kappa shape index (κ2) is 7.68. The number of carbonyl (C=O) groups excluding carboxylic acids is 1. The van der Waals surface area contributed by atoms with Crippen molar-refractivity contribution < 1.29 is 9.53 Å². The molecular formula is C19H24N2O2. The fourth-order valence-electron chi connectivity index (χ4n) is 1.90. The summed E-state index contributed by atoms with van der Waals surface area (Å²) in [6, 6.07) is 17.2. The first kappa shape index (κ1) is 16.9. The summed E-state index contributed by atoms with van der Waals surface area (Å²) in [5, 5.41) is 5.66. The van der Waals surface area contributed by atoms with Crippen molar-refractivity contribution in [3.8, 4) is 5.75 Å². The van der Waals surface area contributed by atoms with E-state index in [0.717, 1.165) is 17.0 Å². The lowest BCUT2D eigenvalue weighted by Crippen LogP contribution is -2.35. The summed E-state index contributed by atoms with van der Waals surface area (Å²) in [6.45, 7) is 7.38. The highest BCUT2D eigenvalue weighted by molar-refractivity contribution is 5.89. The van der Waals surface area contributed by atoms with Crippen LogP contribution >= 0.6 is 0 Å². The molecule has 2 aromatic carbocycles. The van der Waals surface area contributed by atoms with Gasteiger partial charge in [-0.05, 0) is 35.2 Å². The van der Waals surface area contributed by atoms with Gasteiger partial charge in [-0.15, -0.1) is 0 Å². The van der Waals surface area contributed by atoms with Crippen LogP contribution in [0.2, 0.25) is 0 Å². The van der Waals surface area contributed by atoms with Crippen molar-refractivity contribution in [2.24, 2.45) is 5.41 Å². The molecule has 122 valence electrons. The first-order chi connectivity index (χ1) is 10.9.